The molecule has 0 bridgehead atoms. The van der Waals surface area contributed by atoms with E-state index in [2.05, 4.69) is 83.3 Å². The van der Waals surface area contributed by atoms with E-state index in [4.69, 9.17) is 15.7 Å². The van der Waals surface area contributed by atoms with Gasteiger partial charge in [-0.3, -0.25) is 4.79 Å². The minimum Gasteiger partial charge on any atom is -0.309 e. The van der Waals surface area contributed by atoms with Crippen LogP contribution in [0.5, 0.6) is 0 Å². The molecule has 2 aliphatic rings. The number of carbonyl (C=O) groups is 2. The van der Waals surface area contributed by atoms with E-state index in [-0.39, 0.29) is 11.8 Å². The number of aldehydes is 1. The Morgan fingerprint density at radius 3 is 1.94 bits per heavy atom. The van der Waals surface area contributed by atoms with Gasteiger partial charge >= 0.3 is 0 Å². The van der Waals surface area contributed by atoms with Gasteiger partial charge in [0.1, 0.15) is 22.0 Å². The van der Waals surface area contributed by atoms with E-state index in [1.807, 2.05) is 0 Å². The van der Waals surface area contributed by atoms with Crippen LogP contribution in [-0.4, -0.2) is 36.6 Å². The van der Waals surface area contributed by atoms with Crippen LogP contribution in [0.1, 0.15) is 91.3 Å². The fraction of sp³-hybridized carbons (Fsp3) is 0.304. The molecule has 5 aromatic carbocycles. The van der Waals surface area contributed by atoms with E-state index < -0.39 is 0 Å². The summed E-state index contributed by atoms with van der Waals surface area (Å²) >= 11 is 0. The van der Waals surface area contributed by atoms with Gasteiger partial charge in [-0.15, -0.1) is 0 Å². The van der Waals surface area contributed by atoms with Crippen molar-refractivity contribution in [3.63, 3.8) is 0 Å². The number of ketones is 1. The second-order valence-corrected chi connectivity index (χ2v) is 16.1. The van der Waals surface area contributed by atoms with Gasteiger partial charge in [0.05, 0.1) is 22.1 Å². The molecule has 0 aliphatic heterocycles. The van der Waals surface area contributed by atoms with Crippen molar-refractivity contribution in [2.24, 2.45) is 11.8 Å². The average molecular weight is 672 g/mol. The van der Waals surface area contributed by atoms with Crippen molar-refractivity contribution in [2.45, 2.75) is 77.6 Å². The van der Waals surface area contributed by atoms with Crippen LogP contribution in [0.3, 0.4) is 0 Å². The zero-order valence-corrected chi connectivity index (χ0v) is 29.8. The Labute approximate surface area is 304 Å². The van der Waals surface area contributed by atoms with Gasteiger partial charge < -0.3 is 13.6 Å². The van der Waals surface area contributed by atoms with Gasteiger partial charge in [0.15, 0.2) is 5.78 Å². The summed E-state index contributed by atoms with van der Waals surface area (Å²) in [5.74, 6) is 1.04. The standard InChI is InChI=1S/C46H38B2N2O2/c1-3-7-26-8-4-9-27-19-34-28-10-5-12-30-39-40(47)44-38(41(48)45(39)50(42(28)30)37(34)21-33(27)46(26)52)31-13-6-11-29-35-20-32(25-16-14-24(22-51)15-17-25)23(2)18-36(35)49(44)43(29)31/h5-6,10-13,18-22,24-26H,3-4,7-9,14-17H2,1-2H3. The Hall–Kier alpha value is -4.83. The maximum Gasteiger partial charge on any atom is 0.166 e. The summed E-state index contributed by atoms with van der Waals surface area (Å²) in [6.45, 7) is 4.41. The van der Waals surface area contributed by atoms with Gasteiger partial charge in [0.2, 0.25) is 0 Å². The predicted molar refractivity (Wildman–Crippen MR) is 218 cm³/mol. The molecule has 11 rings (SSSR count). The molecule has 0 N–H and O–H groups in total. The van der Waals surface area contributed by atoms with Gasteiger partial charge in [-0.25, -0.2) is 0 Å². The first-order valence-corrected chi connectivity index (χ1v) is 19.3. The third-order valence-corrected chi connectivity index (χ3v) is 13.4. The second-order valence-electron chi connectivity index (χ2n) is 16.1. The number of rotatable bonds is 4. The Morgan fingerprint density at radius 1 is 0.731 bits per heavy atom. The first kappa shape index (κ1) is 30.8. The van der Waals surface area contributed by atoms with Crippen LogP contribution in [0.4, 0.5) is 0 Å². The molecule has 52 heavy (non-hydrogen) atoms. The molecule has 2 aliphatic carbocycles. The number of hydrogen-bond acceptors (Lipinski definition) is 2. The number of carbonyl (C=O) groups excluding carboxylic acids is 2. The lowest BCUT2D eigenvalue weighted by atomic mass is 9.77. The van der Waals surface area contributed by atoms with Crippen LogP contribution in [0.15, 0.2) is 60.7 Å². The molecule has 4 aromatic heterocycles. The molecule has 1 atom stereocenters. The molecule has 1 saturated carbocycles. The van der Waals surface area contributed by atoms with Crippen LogP contribution < -0.4 is 10.9 Å². The van der Waals surface area contributed by atoms with Gasteiger partial charge in [-0.1, -0.05) is 60.7 Å². The Balaban J connectivity index is 1.23. The van der Waals surface area contributed by atoms with Gasteiger partial charge in [0.25, 0.3) is 0 Å². The zero-order chi connectivity index (χ0) is 35.2. The maximum absolute atomic E-state index is 14.0. The molecule has 9 aromatic rings. The molecule has 0 spiro atoms. The third-order valence-electron chi connectivity index (χ3n) is 13.4. The molecule has 0 saturated heterocycles. The summed E-state index contributed by atoms with van der Waals surface area (Å²) in [7, 11) is 14.9. The topological polar surface area (TPSA) is 43.0 Å². The van der Waals surface area contributed by atoms with E-state index in [1.165, 1.54) is 38.2 Å². The number of Topliss-reactive ketones (excluding diaryl/α,β-unsaturated/α-hetero) is 1. The summed E-state index contributed by atoms with van der Waals surface area (Å²) in [5.41, 5.74) is 12.6. The van der Waals surface area contributed by atoms with Gasteiger partial charge in [-0.2, -0.15) is 0 Å². The minimum absolute atomic E-state index is 0.0841. The lowest BCUT2D eigenvalue weighted by Gasteiger charge is -2.27. The predicted octanol–water partition coefficient (Wildman–Crippen LogP) is 9.29. The van der Waals surface area contributed by atoms with Crippen LogP contribution in [0.25, 0.3) is 76.2 Å². The number of benzene rings is 5. The quantitative estimate of drug-likeness (QED) is 0.106. The highest BCUT2D eigenvalue weighted by Gasteiger charge is 2.30. The molecule has 4 radical (unpaired) electrons. The number of aryl methyl sites for hydroxylation is 2. The minimum atomic E-state index is 0.0841. The number of aromatic nitrogens is 2. The van der Waals surface area contributed by atoms with E-state index >= 15 is 0 Å². The van der Waals surface area contributed by atoms with Crippen LogP contribution in [0, 0.1) is 18.8 Å². The van der Waals surface area contributed by atoms with Crippen molar-refractivity contribution in [1.82, 2.24) is 8.80 Å². The average Bonchev–Trinajstić information content (AvgIpc) is 3.86. The van der Waals surface area contributed by atoms with E-state index in [9.17, 15) is 9.59 Å². The molecular formula is C46H38B2N2O2. The second kappa shape index (κ2) is 10.9. The third kappa shape index (κ3) is 3.81. The van der Waals surface area contributed by atoms with Crippen molar-refractivity contribution in [1.29, 1.82) is 0 Å². The number of fused-ring (bicyclic) bond motifs is 13. The first-order valence-electron chi connectivity index (χ1n) is 19.3. The molecular weight excluding hydrogens is 634 g/mol. The SMILES string of the molecule is [B]c1c2c3cccc4c5cc6c(cc5n(c2c([B])c2c5cccc7c8cc(C9CCC(C=O)CC9)c(C)cc8n(c12)c75)c43)C(=O)C(CCC)CCC6. The molecule has 250 valence electrons. The van der Waals surface area contributed by atoms with Crippen LogP contribution in [-0.2, 0) is 11.2 Å². The molecule has 6 heteroatoms. The van der Waals surface area contributed by atoms with Crippen LogP contribution in [0.2, 0.25) is 0 Å². The van der Waals surface area contributed by atoms with E-state index in [0.29, 0.717) is 11.7 Å². The summed E-state index contributed by atoms with van der Waals surface area (Å²) in [6, 6.07) is 22.3. The summed E-state index contributed by atoms with van der Waals surface area (Å²) in [6.07, 6.45) is 10.1. The smallest absolute Gasteiger partial charge is 0.166 e. The zero-order valence-electron chi connectivity index (χ0n) is 29.8. The highest BCUT2D eigenvalue weighted by molar-refractivity contribution is 6.58. The molecule has 4 nitrogen and oxygen atoms in total. The monoisotopic (exact) mass is 672 g/mol. The maximum atomic E-state index is 14.0. The van der Waals surface area contributed by atoms with E-state index in [1.54, 1.807) is 0 Å². The van der Waals surface area contributed by atoms with Crippen molar-refractivity contribution in [2.75, 3.05) is 0 Å². The lowest BCUT2D eigenvalue weighted by molar-refractivity contribution is -0.111. The molecule has 1 fully saturated rings. The fourth-order valence-electron chi connectivity index (χ4n) is 11.0. The number of hydrogen-bond donors (Lipinski definition) is 0. The normalized spacial score (nSPS) is 20.2. The Kier molecular flexibility index (Phi) is 6.42. The van der Waals surface area contributed by atoms with Crippen molar-refractivity contribution in [3.05, 3.63) is 82.9 Å². The highest BCUT2D eigenvalue weighted by atomic mass is 16.1. The molecule has 1 unspecified atom stereocenters. The largest absolute Gasteiger partial charge is 0.309 e. The van der Waals surface area contributed by atoms with Crippen molar-refractivity contribution >= 4 is 115 Å². The fourth-order valence-corrected chi connectivity index (χ4v) is 11.0. The molecule has 0 amide bonds. The lowest BCUT2D eigenvalue weighted by Crippen LogP contribution is -2.17. The van der Waals surface area contributed by atoms with Crippen molar-refractivity contribution < 1.29 is 9.59 Å². The van der Waals surface area contributed by atoms with Crippen LogP contribution >= 0.6 is 0 Å². The highest BCUT2D eigenvalue weighted by Crippen LogP contribution is 2.45. The van der Waals surface area contributed by atoms with Gasteiger partial charge in [-0.05, 0) is 105 Å². The Bertz CT molecular complexity index is 2990. The molecule has 4 heterocycles. The van der Waals surface area contributed by atoms with Crippen molar-refractivity contribution in [3.8, 4) is 0 Å². The number of nitrogens with zero attached hydrogens (tertiary/aromatic N) is 2. The Morgan fingerprint density at radius 2 is 1.33 bits per heavy atom. The summed E-state index contributed by atoms with van der Waals surface area (Å²) in [5, 5.41) is 8.97. The van der Waals surface area contributed by atoms with E-state index in [0.717, 1.165) is 135 Å². The summed E-state index contributed by atoms with van der Waals surface area (Å²) in [4.78, 5) is 25.5. The van der Waals surface area contributed by atoms with Gasteiger partial charge in [0, 0.05) is 71.5 Å². The number of para-hydroxylation sites is 2. The first-order chi connectivity index (χ1) is 25.4. The summed E-state index contributed by atoms with van der Waals surface area (Å²) < 4.78 is 4.69.